The lowest BCUT2D eigenvalue weighted by Gasteiger charge is -2.17. The quantitative estimate of drug-likeness (QED) is 0.181. The van der Waals surface area contributed by atoms with E-state index in [4.69, 9.17) is 6.57 Å². The summed E-state index contributed by atoms with van der Waals surface area (Å²) in [7, 11) is 0. The highest BCUT2D eigenvalue weighted by molar-refractivity contribution is 6.11. The molecule has 50 heavy (non-hydrogen) atoms. The van der Waals surface area contributed by atoms with E-state index >= 15 is 0 Å². The Hall–Kier alpha value is -7.39. The van der Waals surface area contributed by atoms with Gasteiger partial charge in [-0.05, 0) is 83.4 Å². The molecule has 0 atom stereocenters. The van der Waals surface area contributed by atoms with Crippen LogP contribution in [-0.4, -0.2) is 9.13 Å². The first-order valence-electron chi connectivity index (χ1n) is 16.3. The smallest absolute Gasteiger partial charge is 0.195 e. The van der Waals surface area contributed by atoms with Crippen LogP contribution in [0.15, 0.2) is 152 Å². The van der Waals surface area contributed by atoms with Gasteiger partial charge in [-0.15, -0.1) is 0 Å². The van der Waals surface area contributed by atoms with Crippen LogP contribution in [-0.2, 0) is 0 Å². The van der Waals surface area contributed by atoms with E-state index in [-0.39, 0.29) is 0 Å². The van der Waals surface area contributed by atoms with Crippen molar-refractivity contribution in [2.24, 2.45) is 0 Å². The highest BCUT2D eigenvalue weighted by Crippen LogP contribution is 2.41. The van der Waals surface area contributed by atoms with Gasteiger partial charge in [-0.3, -0.25) is 0 Å². The average molecular weight is 636 g/mol. The second kappa shape index (κ2) is 11.4. The van der Waals surface area contributed by atoms with E-state index in [0.717, 1.165) is 66.5 Å². The van der Waals surface area contributed by atoms with Gasteiger partial charge in [-0.25, -0.2) is 4.85 Å². The van der Waals surface area contributed by atoms with Crippen molar-refractivity contribution in [2.45, 2.75) is 0 Å². The van der Waals surface area contributed by atoms with Crippen LogP contribution in [0.1, 0.15) is 11.1 Å². The molecule has 2 heterocycles. The Morgan fingerprint density at radius 3 is 1.80 bits per heavy atom. The van der Waals surface area contributed by atoms with Crippen LogP contribution in [0.3, 0.4) is 0 Å². The van der Waals surface area contributed by atoms with Gasteiger partial charge >= 0.3 is 0 Å². The van der Waals surface area contributed by atoms with E-state index in [1.807, 2.05) is 78.9 Å². The Morgan fingerprint density at radius 2 is 1.12 bits per heavy atom. The molecule has 0 unspecified atom stereocenters. The number of para-hydroxylation sites is 3. The first-order chi connectivity index (χ1) is 24.7. The summed E-state index contributed by atoms with van der Waals surface area (Å²) in [6, 6.07) is 55.4. The first kappa shape index (κ1) is 28.8. The lowest BCUT2D eigenvalue weighted by atomic mass is 9.94. The van der Waals surface area contributed by atoms with E-state index in [1.54, 1.807) is 0 Å². The van der Waals surface area contributed by atoms with Crippen LogP contribution in [0.2, 0.25) is 0 Å². The molecule has 0 aliphatic rings. The third-order valence-corrected chi connectivity index (χ3v) is 9.61. The molecule has 0 aliphatic carbocycles. The summed E-state index contributed by atoms with van der Waals surface area (Å²) >= 11 is 0. The van der Waals surface area contributed by atoms with Gasteiger partial charge in [0, 0.05) is 32.8 Å². The molecule has 0 amide bonds. The fraction of sp³-hybridized carbons (Fsp3) is 0. The molecular weight excluding hydrogens is 611 g/mol. The summed E-state index contributed by atoms with van der Waals surface area (Å²) in [6.45, 7) is 8.09. The van der Waals surface area contributed by atoms with Crippen LogP contribution in [0, 0.1) is 29.2 Å². The largest absolute Gasteiger partial charge is 0.309 e. The molecule has 2 aromatic heterocycles. The minimum Gasteiger partial charge on any atom is -0.309 e. The topological polar surface area (TPSA) is 61.8 Å². The Labute approximate surface area is 288 Å². The predicted molar refractivity (Wildman–Crippen MR) is 202 cm³/mol. The SMILES string of the molecule is [C-]#[N+]c1ccc(-n2c3ccccc3c3ccccc32)cc1-c1cccc(-c2c(C#N)cccc2-n2c3ccccc3c3cc(C#N)ccc32)c1. The molecule has 0 N–H and O–H groups in total. The molecule has 0 spiro atoms. The number of rotatable bonds is 4. The number of hydrogen-bond donors (Lipinski definition) is 0. The van der Waals surface area contributed by atoms with Gasteiger partial charge in [0.1, 0.15) is 0 Å². The summed E-state index contributed by atoms with van der Waals surface area (Å²) in [5.74, 6) is 0. The third-order valence-electron chi connectivity index (χ3n) is 9.61. The molecule has 9 rings (SSSR count). The molecule has 9 aromatic rings. The van der Waals surface area contributed by atoms with Gasteiger partial charge < -0.3 is 9.13 Å². The fourth-order valence-electron chi connectivity index (χ4n) is 7.46. The maximum Gasteiger partial charge on any atom is 0.195 e. The van der Waals surface area contributed by atoms with Gasteiger partial charge in [-0.2, -0.15) is 10.5 Å². The highest BCUT2D eigenvalue weighted by Gasteiger charge is 2.20. The number of aromatic nitrogens is 2. The van der Waals surface area contributed by atoms with Crippen LogP contribution in [0.5, 0.6) is 0 Å². The number of benzene rings is 7. The van der Waals surface area contributed by atoms with Crippen molar-refractivity contribution >= 4 is 49.3 Å². The van der Waals surface area contributed by atoms with Crippen LogP contribution < -0.4 is 0 Å². The minimum atomic E-state index is 0.545. The summed E-state index contributed by atoms with van der Waals surface area (Å²) in [5.41, 5.74) is 11.0. The van der Waals surface area contributed by atoms with Crippen molar-refractivity contribution in [2.75, 3.05) is 0 Å². The van der Waals surface area contributed by atoms with E-state index in [2.05, 4.69) is 98.9 Å². The Bertz CT molecular complexity index is 2920. The lowest BCUT2D eigenvalue weighted by Crippen LogP contribution is -1.99. The van der Waals surface area contributed by atoms with Crippen LogP contribution >= 0.6 is 0 Å². The maximum absolute atomic E-state index is 10.4. The Morgan fingerprint density at radius 1 is 0.500 bits per heavy atom. The molecule has 0 aliphatic heterocycles. The molecule has 0 saturated carbocycles. The maximum atomic E-state index is 10.4. The summed E-state index contributed by atoms with van der Waals surface area (Å²) in [6.07, 6.45) is 0. The van der Waals surface area contributed by atoms with E-state index in [1.165, 1.54) is 10.8 Å². The molecule has 0 saturated heterocycles. The number of hydrogen-bond acceptors (Lipinski definition) is 2. The molecule has 230 valence electrons. The van der Waals surface area contributed by atoms with Crippen molar-refractivity contribution in [1.29, 1.82) is 10.5 Å². The van der Waals surface area contributed by atoms with E-state index in [9.17, 15) is 10.5 Å². The Kier molecular flexibility index (Phi) is 6.56. The standard InChI is InChI=1S/C45H25N5/c1-48-39-22-21-33(49-40-16-5-2-13-34(40)35-14-3-6-17-41(35)49)26-37(39)30-10-8-11-31(25-30)45-32(28-47)12-9-19-44(45)50-42-18-7-4-15-36(42)38-24-29(27-46)20-23-43(38)50/h2-26H. The second-order valence-corrected chi connectivity index (χ2v) is 12.3. The molecule has 5 nitrogen and oxygen atoms in total. The molecule has 5 heteroatoms. The average Bonchev–Trinajstić information content (AvgIpc) is 3.70. The summed E-state index contributed by atoms with van der Waals surface area (Å²) < 4.78 is 4.44. The fourth-order valence-corrected chi connectivity index (χ4v) is 7.46. The minimum absolute atomic E-state index is 0.545. The third kappa shape index (κ3) is 4.31. The van der Waals surface area contributed by atoms with Gasteiger partial charge in [0.2, 0.25) is 0 Å². The number of fused-ring (bicyclic) bond motifs is 6. The summed E-state index contributed by atoms with van der Waals surface area (Å²) in [5, 5.41) is 24.5. The molecule has 0 fully saturated rings. The van der Waals surface area contributed by atoms with E-state index in [0.29, 0.717) is 16.8 Å². The normalized spacial score (nSPS) is 11.1. The predicted octanol–water partition coefficient (Wildman–Crippen LogP) is 11.5. The lowest BCUT2D eigenvalue weighted by molar-refractivity contribution is 1.18. The van der Waals surface area contributed by atoms with Crippen molar-refractivity contribution < 1.29 is 0 Å². The summed E-state index contributed by atoms with van der Waals surface area (Å²) in [4.78, 5) is 3.93. The van der Waals surface area contributed by atoms with Crippen LogP contribution in [0.4, 0.5) is 5.69 Å². The second-order valence-electron chi connectivity index (χ2n) is 12.3. The highest BCUT2D eigenvalue weighted by atomic mass is 15.0. The monoisotopic (exact) mass is 635 g/mol. The van der Waals surface area contributed by atoms with Crippen molar-refractivity contribution in [1.82, 2.24) is 9.13 Å². The Balaban J connectivity index is 1.27. The zero-order valence-electron chi connectivity index (χ0n) is 26.7. The molecule has 0 bridgehead atoms. The van der Waals surface area contributed by atoms with Gasteiger partial charge in [-0.1, -0.05) is 84.9 Å². The van der Waals surface area contributed by atoms with Gasteiger partial charge in [0.05, 0.1) is 57.6 Å². The van der Waals surface area contributed by atoms with Gasteiger partial charge in [0.15, 0.2) is 5.69 Å². The zero-order valence-corrected chi connectivity index (χ0v) is 26.7. The zero-order chi connectivity index (χ0) is 33.8. The number of nitriles is 2. The van der Waals surface area contributed by atoms with Crippen molar-refractivity contribution in [3.8, 4) is 45.8 Å². The van der Waals surface area contributed by atoms with Gasteiger partial charge in [0.25, 0.3) is 0 Å². The number of nitrogens with zero attached hydrogens (tertiary/aromatic N) is 5. The van der Waals surface area contributed by atoms with Crippen LogP contribution in [0.25, 0.3) is 82.1 Å². The van der Waals surface area contributed by atoms with Crippen molar-refractivity contribution in [3.05, 3.63) is 174 Å². The molecular formula is C45H25N5. The molecule has 0 radical (unpaired) electrons. The molecule has 7 aromatic carbocycles. The first-order valence-corrected chi connectivity index (χ1v) is 16.3. The van der Waals surface area contributed by atoms with Crippen molar-refractivity contribution in [3.63, 3.8) is 0 Å². The van der Waals surface area contributed by atoms with E-state index < -0.39 is 0 Å².